The van der Waals surface area contributed by atoms with E-state index in [1.54, 1.807) is 0 Å². The van der Waals surface area contributed by atoms with Crippen LogP contribution in [0.15, 0.2) is 54.6 Å². The van der Waals surface area contributed by atoms with Gasteiger partial charge in [-0.15, -0.1) is 23.2 Å². The van der Waals surface area contributed by atoms with Crippen LogP contribution in [-0.2, 0) is 6.42 Å². The lowest BCUT2D eigenvalue weighted by Gasteiger charge is -2.18. The quantitative estimate of drug-likeness (QED) is 0.636. The number of halogens is 2. The van der Waals surface area contributed by atoms with Gasteiger partial charge in [0.15, 0.2) is 0 Å². The Morgan fingerprint density at radius 1 is 0.895 bits per heavy atom. The smallest absolute Gasteiger partial charge is 0.0556 e. The van der Waals surface area contributed by atoms with Crippen molar-refractivity contribution in [2.24, 2.45) is 0 Å². The first-order valence-corrected chi connectivity index (χ1v) is 7.41. The van der Waals surface area contributed by atoms with Gasteiger partial charge in [-0.2, -0.15) is 0 Å². The molecule has 0 fully saturated rings. The van der Waals surface area contributed by atoms with E-state index in [4.69, 9.17) is 23.2 Å². The van der Waals surface area contributed by atoms with Crippen molar-refractivity contribution < 1.29 is 0 Å². The molecule has 19 heavy (non-hydrogen) atoms. The van der Waals surface area contributed by atoms with Crippen LogP contribution in [0.4, 0.5) is 0 Å². The Morgan fingerprint density at radius 2 is 1.47 bits per heavy atom. The third kappa shape index (κ3) is 4.26. The molecule has 0 aliphatic heterocycles. The van der Waals surface area contributed by atoms with E-state index in [0.29, 0.717) is 5.88 Å². The predicted molar refractivity (Wildman–Crippen MR) is 85.2 cm³/mol. The summed E-state index contributed by atoms with van der Waals surface area (Å²) in [4.78, 5) is -0.306. The molecule has 0 radical (unpaired) electrons. The molecule has 2 heteroatoms. The third-order valence-electron chi connectivity index (χ3n) is 3.27. The summed E-state index contributed by atoms with van der Waals surface area (Å²) in [6.45, 7) is 1.99. The van der Waals surface area contributed by atoms with Gasteiger partial charge in [-0.25, -0.2) is 0 Å². The molecular formula is C17H18Cl2. The van der Waals surface area contributed by atoms with Crippen LogP contribution in [0.3, 0.4) is 0 Å². The fourth-order valence-electron chi connectivity index (χ4n) is 1.97. The predicted octanol–water partition coefficient (Wildman–Crippen LogP) is 5.52. The molecule has 0 aromatic heterocycles. The second-order valence-electron chi connectivity index (χ2n) is 5.11. The summed E-state index contributed by atoms with van der Waals surface area (Å²) in [6, 6.07) is 19.1. The number of benzene rings is 2. The minimum Gasteiger partial charge on any atom is -0.125 e. The van der Waals surface area contributed by atoms with Gasteiger partial charge in [0.1, 0.15) is 0 Å². The van der Waals surface area contributed by atoms with Crippen LogP contribution in [0.5, 0.6) is 0 Å². The van der Waals surface area contributed by atoms with E-state index in [9.17, 15) is 0 Å². The second kappa shape index (κ2) is 6.45. The first-order valence-electron chi connectivity index (χ1n) is 6.50. The molecule has 0 nitrogen and oxygen atoms in total. The molecule has 0 amide bonds. The Bertz CT molecular complexity index is 501. The molecule has 0 saturated carbocycles. The Labute approximate surface area is 125 Å². The van der Waals surface area contributed by atoms with Crippen LogP contribution in [0.2, 0.25) is 0 Å². The third-order valence-corrected chi connectivity index (χ3v) is 4.32. The maximum Gasteiger partial charge on any atom is 0.0556 e. The van der Waals surface area contributed by atoms with Gasteiger partial charge in [-0.1, -0.05) is 54.6 Å². The van der Waals surface area contributed by atoms with Gasteiger partial charge in [-0.05, 0) is 36.5 Å². The highest BCUT2D eigenvalue weighted by molar-refractivity contribution is 6.30. The summed E-state index contributed by atoms with van der Waals surface area (Å²) < 4.78 is 0. The molecule has 0 aliphatic rings. The molecule has 0 N–H and O–H groups in total. The van der Waals surface area contributed by atoms with E-state index in [2.05, 4.69) is 48.5 Å². The molecule has 0 saturated heterocycles. The van der Waals surface area contributed by atoms with Gasteiger partial charge in [0.05, 0.1) is 4.87 Å². The summed E-state index contributed by atoms with van der Waals surface area (Å²) in [6.07, 6.45) is 1.85. The normalized spacial score (nSPS) is 14.1. The molecule has 0 aliphatic carbocycles. The van der Waals surface area contributed by atoms with Gasteiger partial charge in [0, 0.05) is 5.88 Å². The highest BCUT2D eigenvalue weighted by Crippen LogP contribution is 2.24. The average molecular weight is 293 g/mol. The van der Waals surface area contributed by atoms with Crippen molar-refractivity contribution in [2.45, 2.75) is 24.6 Å². The van der Waals surface area contributed by atoms with Crippen LogP contribution >= 0.6 is 23.2 Å². The van der Waals surface area contributed by atoms with Gasteiger partial charge in [-0.3, -0.25) is 0 Å². The number of aryl methyl sites for hydroxylation is 1. The molecule has 100 valence electrons. The standard InChI is InChI=1S/C17H18Cl2/c1-17(19,13-18)12-11-14-7-9-16(10-8-14)15-5-3-2-4-6-15/h2-10H,11-13H2,1H3. The van der Waals surface area contributed by atoms with Crippen molar-refractivity contribution in [3.63, 3.8) is 0 Å². The molecule has 0 spiro atoms. The Balaban J connectivity index is 2.03. The zero-order chi connectivity index (χ0) is 13.7. The van der Waals surface area contributed by atoms with Crippen LogP contribution in [-0.4, -0.2) is 10.8 Å². The Hall–Kier alpha value is -0.980. The first-order chi connectivity index (χ1) is 9.11. The maximum atomic E-state index is 6.27. The molecule has 1 unspecified atom stereocenters. The topological polar surface area (TPSA) is 0 Å². The minimum absolute atomic E-state index is 0.306. The molecule has 2 aromatic rings. The maximum absolute atomic E-state index is 6.27. The lowest BCUT2D eigenvalue weighted by molar-refractivity contribution is 0.633. The summed E-state index contributed by atoms with van der Waals surface area (Å²) in [7, 11) is 0. The van der Waals surface area contributed by atoms with E-state index in [1.807, 2.05) is 13.0 Å². The Morgan fingerprint density at radius 3 is 2.05 bits per heavy atom. The number of hydrogen-bond acceptors (Lipinski definition) is 0. The van der Waals surface area contributed by atoms with Gasteiger partial charge in [0.25, 0.3) is 0 Å². The van der Waals surface area contributed by atoms with Crippen molar-refractivity contribution in [1.82, 2.24) is 0 Å². The van der Waals surface area contributed by atoms with E-state index >= 15 is 0 Å². The van der Waals surface area contributed by atoms with Crippen LogP contribution < -0.4 is 0 Å². The molecular weight excluding hydrogens is 275 g/mol. The summed E-state index contributed by atoms with van der Waals surface area (Å²) in [5, 5.41) is 0. The fourth-order valence-corrected chi connectivity index (χ4v) is 2.19. The summed E-state index contributed by atoms with van der Waals surface area (Å²) in [5.74, 6) is 0.483. The molecule has 1 atom stereocenters. The van der Waals surface area contributed by atoms with Crippen LogP contribution in [0.25, 0.3) is 11.1 Å². The lowest BCUT2D eigenvalue weighted by Crippen LogP contribution is -2.19. The second-order valence-corrected chi connectivity index (χ2v) is 6.29. The molecule has 0 heterocycles. The number of hydrogen-bond donors (Lipinski definition) is 0. The first kappa shape index (κ1) is 14.4. The van der Waals surface area contributed by atoms with E-state index < -0.39 is 0 Å². The SMILES string of the molecule is CC(Cl)(CCl)CCc1ccc(-c2ccccc2)cc1. The molecule has 2 rings (SSSR count). The highest BCUT2D eigenvalue weighted by Gasteiger charge is 2.18. The van der Waals surface area contributed by atoms with Crippen LogP contribution in [0, 0.1) is 0 Å². The van der Waals surface area contributed by atoms with Crippen molar-refractivity contribution in [3.8, 4) is 11.1 Å². The van der Waals surface area contributed by atoms with Crippen LogP contribution in [0.1, 0.15) is 18.9 Å². The van der Waals surface area contributed by atoms with Crippen molar-refractivity contribution in [1.29, 1.82) is 0 Å². The summed E-state index contributed by atoms with van der Waals surface area (Å²) in [5.41, 5.74) is 3.80. The van der Waals surface area contributed by atoms with Gasteiger partial charge >= 0.3 is 0 Å². The van der Waals surface area contributed by atoms with E-state index in [1.165, 1.54) is 16.7 Å². The number of alkyl halides is 2. The number of rotatable bonds is 5. The average Bonchev–Trinajstić information content (AvgIpc) is 2.47. The van der Waals surface area contributed by atoms with Gasteiger partial charge < -0.3 is 0 Å². The van der Waals surface area contributed by atoms with Gasteiger partial charge in [0.2, 0.25) is 0 Å². The molecule has 2 aromatic carbocycles. The van der Waals surface area contributed by atoms with Crippen molar-refractivity contribution >= 4 is 23.2 Å². The van der Waals surface area contributed by atoms with Crippen molar-refractivity contribution in [2.75, 3.05) is 5.88 Å². The zero-order valence-electron chi connectivity index (χ0n) is 11.1. The van der Waals surface area contributed by atoms with E-state index in [0.717, 1.165) is 12.8 Å². The lowest BCUT2D eigenvalue weighted by atomic mass is 9.99. The Kier molecular flexibility index (Phi) is 4.90. The molecule has 0 bridgehead atoms. The van der Waals surface area contributed by atoms with Crippen molar-refractivity contribution in [3.05, 3.63) is 60.2 Å². The van der Waals surface area contributed by atoms with E-state index in [-0.39, 0.29) is 4.87 Å². The highest BCUT2D eigenvalue weighted by atomic mass is 35.5. The summed E-state index contributed by atoms with van der Waals surface area (Å²) >= 11 is 12.1. The zero-order valence-corrected chi connectivity index (χ0v) is 12.6. The minimum atomic E-state index is -0.306. The fraction of sp³-hybridized carbons (Fsp3) is 0.294. The largest absolute Gasteiger partial charge is 0.125 e. The monoisotopic (exact) mass is 292 g/mol.